The van der Waals surface area contributed by atoms with Gasteiger partial charge in [0.1, 0.15) is 0 Å². The Hall–Kier alpha value is -0.120. The molecule has 2 unspecified atom stereocenters. The third kappa shape index (κ3) is 3.44. The molecule has 2 saturated heterocycles. The molecule has 0 spiro atoms. The first-order valence-corrected chi connectivity index (χ1v) is 6.71. The Balaban J connectivity index is 1.75. The number of nitrogens with one attached hydrogen (secondary N) is 1. The molecule has 2 rings (SSSR count). The van der Waals surface area contributed by atoms with Crippen LogP contribution in [-0.2, 0) is 9.47 Å². The second kappa shape index (κ2) is 5.99. The van der Waals surface area contributed by atoms with Gasteiger partial charge in [0, 0.05) is 31.9 Å². The summed E-state index contributed by atoms with van der Waals surface area (Å²) in [6, 6.07) is 1.33. The van der Waals surface area contributed by atoms with Crippen molar-refractivity contribution in [1.82, 2.24) is 5.32 Å². The second-order valence-corrected chi connectivity index (χ2v) is 5.43. The summed E-state index contributed by atoms with van der Waals surface area (Å²) >= 11 is 0. The van der Waals surface area contributed by atoms with Gasteiger partial charge in [-0.1, -0.05) is 13.8 Å². The lowest BCUT2D eigenvalue weighted by atomic mass is 9.94. The third-order valence-electron chi connectivity index (χ3n) is 3.75. The molecule has 0 amide bonds. The normalized spacial score (nSPS) is 33.2. The van der Waals surface area contributed by atoms with Crippen LogP contribution in [0, 0.1) is 5.92 Å². The van der Waals surface area contributed by atoms with Gasteiger partial charge in [-0.3, -0.25) is 0 Å². The smallest absolute Gasteiger partial charge is 0.0612 e. The van der Waals surface area contributed by atoms with Gasteiger partial charge in [-0.2, -0.15) is 0 Å². The van der Waals surface area contributed by atoms with Crippen molar-refractivity contribution in [2.75, 3.05) is 19.8 Å². The fraction of sp³-hybridized carbons (Fsp3) is 1.00. The molecule has 0 aromatic carbocycles. The average Bonchev–Trinajstić information content (AvgIpc) is 2.30. The van der Waals surface area contributed by atoms with Gasteiger partial charge in [0.15, 0.2) is 0 Å². The van der Waals surface area contributed by atoms with E-state index >= 15 is 0 Å². The van der Waals surface area contributed by atoms with Gasteiger partial charge in [0.05, 0.1) is 6.10 Å². The molecule has 0 bridgehead atoms. The van der Waals surface area contributed by atoms with Gasteiger partial charge < -0.3 is 14.8 Å². The zero-order valence-corrected chi connectivity index (χ0v) is 10.6. The van der Waals surface area contributed by atoms with Gasteiger partial charge in [0.25, 0.3) is 0 Å². The highest BCUT2D eigenvalue weighted by atomic mass is 16.5. The molecule has 1 N–H and O–H groups in total. The van der Waals surface area contributed by atoms with E-state index in [1.54, 1.807) is 0 Å². The Morgan fingerprint density at radius 1 is 1.00 bits per heavy atom. The van der Waals surface area contributed by atoms with Crippen molar-refractivity contribution in [1.29, 1.82) is 0 Å². The zero-order chi connectivity index (χ0) is 11.4. The Morgan fingerprint density at radius 2 is 1.69 bits per heavy atom. The van der Waals surface area contributed by atoms with Crippen LogP contribution in [0.15, 0.2) is 0 Å². The van der Waals surface area contributed by atoms with E-state index in [9.17, 15) is 0 Å². The summed E-state index contributed by atoms with van der Waals surface area (Å²) in [5, 5.41) is 3.78. The summed E-state index contributed by atoms with van der Waals surface area (Å²) in [6.07, 6.45) is 5.13. The molecule has 0 aromatic rings. The van der Waals surface area contributed by atoms with Crippen LogP contribution >= 0.6 is 0 Å². The molecule has 2 aliphatic rings. The topological polar surface area (TPSA) is 30.5 Å². The van der Waals surface area contributed by atoms with Crippen LogP contribution in [0.3, 0.4) is 0 Å². The molecule has 2 aliphatic heterocycles. The number of hydrogen-bond donors (Lipinski definition) is 1. The van der Waals surface area contributed by atoms with Crippen molar-refractivity contribution in [3.8, 4) is 0 Å². The van der Waals surface area contributed by atoms with E-state index in [-0.39, 0.29) is 0 Å². The minimum absolute atomic E-state index is 0.450. The third-order valence-corrected chi connectivity index (χ3v) is 3.75. The maximum atomic E-state index is 5.79. The maximum Gasteiger partial charge on any atom is 0.0612 e. The molecule has 0 saturated carbocycles. The number of ether oxygens (including phenoxy) is 2. The van der Waals surface area contributed by atoms with E-state index in [0.29, 0.717) is 24.1 Å². The van der Waals surface area contributed by atoms with Crippen molar-refractivity contribution < 1.29 is 9.47 Å². The van der Waals surface area contributed by atoms with Gasteiger partial charge in [-0.15, -0.1) is 0 Å². The molecule has 0 radical (unpaired) electrons. The first-order valence-electron chi connectivity index (χ1n) is 6.71. The van der Waals surface area contributed by atoms with Crippen LogP contribution in [0.5, 0.6) is 0 Å². The Bertz CT molecular complexity index is 202. The first-order chi connectivity index (χ1) is 7.75. The Morgan fingerprint density at radius 3 is 2.38 bits per heavy atom. The second-order valence-electron chi connectivity index (χ2n) is 5.43. The summed E-state index contributed by atoms with van der Waals surface area (Å²) < 4.78 is 11.2. The van der Waals surface area contributed by atoms with E-state index < -0.39 is 0 Å². The minimum atomic E-state index is 0.450. The average molecular weight is 227 g/mol. The van der Waals surface area contributed by atoms with E-state index in [2.05, 4.69) is 19.2 Å². The molecular weight excluding hydrogens is 202 g/mol. The number of hydrogen-bond acceptors (Lipinski definition) is 3. The highest BCUT2D eigenvalue weighted by Crippen LogP contribution is 2.21. The molecule has 2 heterocycles. The number of rotatable bonds is 3. The fourth-order valence-corrected chi connectivity index (χ4v) is 2.64. The summed E-state index contributed by atoms with van der Waals surface area (Å²) in [7, 11) is 0. The van der Waals surface area contributed by atoms with E-state index in [0.717, 1.165) is 19.8 Å². The molecular formula is C13H25NO2. The molecule has 2 fully saturated rings. The lowest BCUT2D eigenvalue weighted by Crippen LogP contribution is -2.46. The predicted octanol–water partition coefficient (Wildman–Crippen LogP) is 1.96. The lowest BCUT2D eigenvalue weighted by Gasteiger charge is -2.35. The van der Waals surface area contributed by atoms with Crippen molar-refractivity contribution in [3.63, 3.8) is 0 Å². The van der Waals surface area contributed by atoms with Gasteiger partial charge in [-0.05, 0) is 31.6 Å². The van der Waals surface area contributed by atoms with Gasteiger partial charge in [-0.25, -0.2) is 0 Å². The van der Waals surface area contributed by atoms with Gasteiger partial charge in [0.2, 0.25) is 0 Å². The molecule has 94 valence electrons. The lowest BCUT2D eigenvalue weighted by molar-refractivity contribution is -0.0287. The standard InChI is InChI=1S/C13H25NO2/c1-10(2)13-9-12(5-8-16-13)14-11-3-6-15-7-4-11/h10-14H,3-9H2,1-2H3. The van der Waals surface area contributed by atoms with Crippen LogP contribution in [0.1, 0.15) is 39.5 Å². The highest BCUT2D eigenvalue weighted by molar-refractivity contribution is 4.82. The highest BCUT2D eigenvalue weighted by Gasteiger charge is 2.26. The molecule has 3 nitrogen and oxygen atoms in total. The van der Waals surface area contributed by atoms with Crippen LogP contribution in [0.2, 0.25) is 0 Å². The van der Waals surface area contributed by atoms with Crippen molar-refractivity contribution in [3.05, 3.63) is 0 Å². The summed E-state index contributed by atoms with van der Waals surface area (Å²) in [4.78, 5) is 0. The monoisotopic (exact) mass is 227 g/mol. The Kier molecular flexibility index (Phi) is 4.62. The fourth-order valence-electron chi connectivity index (χ4n) is 2.64. The van der Waals surface area contributed by atoms with Crippen LogP contribution in [0.4, 0.5) is 0 Å². The van der Waals surface area contributed by atoms with E-state index in [1.807, 2.05) is 0 Å². The molecule has 16 heavy (non-hydrogen) atoms. The summed E-state index contributed by atoms with van der Waals surface area (Å²) in [6.45, 7) is 7.27. The largest absolute Gasteiger partial charge is 0.381 e. The molecule has 3 heteroatoms. The van der Waals surface area contributed by atoms with E-state index in [1.165, 1.54) is 25.7 Å². The molecule has 0 aliphatic carbocycles. The van der Waals surface area contributed by atoms with Crippen molar-refractivity contribution in [2.24, 2.45) is 5.92 Å². The SMILES string of the molecule is CC(C)C1CC(NC2CCOCC2)CCO1. The van der Waals surface area contributed by atoms with Crippen molar-refractivity contribution >= 4 is 0 Å². The van der Waals surface area contributed by atoms with Crippen LogP contribution < -0.4 is 5.32 Å². The van der Waals surface area contributed by atoms with Crippen molar-refractivity contribution in [2.45, 2.75) is 57.7 Å². The maximum absolute atomic E-state index is 5.79. The minimum Gasteiger partial charge on any atom is -0.381 e. The quantitative estimate of drug-likeness (QED) is 0.799. The molecule has 2 atom stereocenters. The predicted molar refractivity (Wildman–Crippen MR) is 64.6 cm³/mol. The summed E-state index contributed by atoms with van der Waals surface area (Å²) in [5.41, 5.74) is 0. The van der Waals surface area contributed by atoms with E-state index in [4.69, 9.17) is 9.47 Å². The molecule has 0 aromatic heterocycles. The van der Waals surface area contributed by atoms with Crippen LogP contribution in [0.25, 0.3) is 0 Å². The van der Waals surface area contributed by atoms with Crippen LogP contribution in [-0.4, -0.2) is 38.0 Å². The first kappa shape index (κ1) is 12.3. The Labute approximate surface area is 98.9 Å². The summed E-state index contributed by atoms with van der Waals surface area (Å²) in [5.74, 6) is 0.638. The zero-order valence-electron chi connectivity index (χ0n) is 10.6. The van der Waals surface area contributed by atoms with Gasteiger partial charge >= 0.3 is 0 Å².